The molecule has 2 N–H and O–H groups in total. The lowest BCUT2D eigenvalue weighted by Crippen LogP contribution is -2.28. The van der Waals surface area contributed by atoms with E-state index in [2.05, 4.69) is 39.0 Å². The highest BCUT2D eigenvalue weighted by Crippen LogP contribution is 2.15. The van der Waals surface area contributed by atoms with Crippen molar-refractivity contribution in [2.75, 3.05) is 13.2 Å². The van der Waals surface area contributed by atoms with Crippen LogP contribution in [0.15, 0.2) is 36.5 Å². The van der Waals surface area contributed by atoms with E-state index in [9.17, 15) is 19.8 Å². The van der Waals surface area contributed by atoms with Gasteiger partial charge in [-0.15, -0.1) is 0 Å². The summed E-state index contributed by atoms with van der Waals surface area (Å²) in [7, 11) is 0. The summed E-state index contributed by atoms with van der Waals surface area (Å²) in [6.45, 7) is 6.32. The third-order valence-corrected chi connectivity index (χ3v) is 8.97. The molecule has 0 aliphatic heterocycles. The molecular weight excluding hydrogens is 612 g/mol. The van der Waals surface area contributed by atoms with E-state index in [1.807, 2.05) is 12.2 Å². The summed E-state index contributed by atoms with van der Waals surface area (Å²) in [6, 6.07) is 0. The summed E-state index contributed by atoms with van der Waals surface area (Å²) >= 11 is 0. The van der Waals surface area contributed by atoms with Crippen molar-refractivity contribution in [3.05, 3.63) is 36.5 Å². The average molecular weight is 691 g/mol. The van der Waals surface area contributed by atoms with Crippen LogP contribution in [0.3, 0.4) is 0 Å². The van der Waals surface area contributed by atoms with Gasteiger partial charge in [0, 0.05) is 12.8 Å². The van der Waals surface area contributed by atoms with Crippen LogP contribution < -0.4 is 0 Å². The lowest BCUT2D eigenvalue weighted by molar-refractivity contribution is -0.161. The standard InChI is InChI=1S/C43H78O6/c1-4-5-6-7-8-9-10-13-17-20-23-26-29-33-40(45)34-31-36-42(46)48-38-41(37-44)49-43(47)35-30-27-24-21-18-15-12-11-14-16-19-22-25-28-32-39(2)3/h13,17,23,26,29,33,39-41,44-45H,4-12,14-16,18-22,24-25,27-28,30-32,34-38H2,1-3H3/b17-13+,26-23+,33-29+/t40?,41-/m0/s1. The molecule has 6 nitrogen and oxygen atoms in total. The molecule has 0 saturated heterocycles. The Morgan fingerprint density at radius 1 is 0.612 bits per heavy atom. The minimum absolute atomic E-state index is 0.153. The number of unbranched alkanes of at least 4 members (excludes halogenated alkanes) is 19. The van der Waals surface area contributed by atoms with E-state index in [0.29, 0.717) is 19.3 Å². The van der Waals surface area contributed by atoms with Crippen molar-refractivity contribution < 1.29 is 29.3 Å². The first kappa shape index (κ1) is 47.1. The number of esters is 2. The molecule has 49 heavy (non-hydrogen) atoms. The van der Waals surface area contributed by atoms with Crippen molar-refractivity contribution in [2.45, 2.75) is 206 Å². The predicted molar refractivity (Wildman–Crippen MR) is 207 cm³/mol. The number of rotatable bonds is 36. The Morgan fingerprint density at radius 3 is 1.76 bits per heavy atom. The molecule has 0 saturated carbocycles. The number of carbonyl (C=O) groups is 2. The lowest BCUT2D eigenvalue weighted by atomic mass is 10.0. The Balaban J connectivity index is 3.71. The monoisotopic (exact) mass is 691 g/mol. The van der Waals surface area contributed by atoms with Gasteiger partial charge in [0.05, 0.1) is 12.7 Å². The van der Waals surface area contributed by atoms with Crippen molar-refractivity contribution in [2.24, 2.45) is 5.92 Å². The second-order valence-corrected chi connectivity index (χ2v) is 14.4. The molecule has 2 atom stereocenters. The first-order chi connectivity index (χ1) is 23.9. The molecule has 0 aromatic heterocycles. The van der Waals surface area contributed by atoms with Gasteiger partial charge in [-0.25, -0.2) is 0 Å². The minimum Gasteiger partial charge on any atom is -0.462 e. The molecule has 0 aliphatic rings. The molecule has 0 bridgehead atoms. The van der Waals surface area contributed by atoms with Gasteiger partial charge >= 0.3 is 11.9 Å². The molecule has 0 radical (unpaired) electrons. The highest BCUT2D eigenvalue weighted by molar-refractivity contribution is 5.70. The number of ether oxygens (including phenoxy) is 2. The fraction of sp³-hybridized carbons (Fsp3) is 0.814. The van der Waals surface area contributed by atoms with Crippen LogP contribution in [0.2, 0.25) is 0 Å². The quantitative estimate of drug-likeness (QED) is 0.0294. The third-order valence-electron chi connectivity index (χ3n) is 8.97. The molecule has 0 aromatic carbocycles. The van der Waals surface area contributed by atoms with E-state index < -0.39 is 18.2 Å². The number of allylic oxidation sites excluding steroid dienone is 5. The van der Waals surface area contributed by atoms with Gasteiger partial charge in [-0.2, -0.15) is 0 Å². The van der Waals surface area contributed by atoms with Gasteiger partial charge < -0.3 is 19.7 Å². The third kappa shape index (κ3) is 37.2. The van der Waals surface area contributed by atoms with Crippen LogP contribution in [0.5, 0.6) is 0 Å². The van der Waals surface area contributed by atoms with E-state index in [1.165, 1.54) is 116 Å². The van der Waals surface area contributed by atoms with Gasteiger partial charge in [0.2, 0.25) is 0 Å². The van der Waals surface area contributed by atoms with Crippen molar-refractivity contribution in [3.8, 4) is 0 Å². The van der Waals surface area contributed by atoms with Crippen LogP contribution >= 0.6 is 0 Å². The molecular formula is C43H78O6. The first-order valence-corrected chi connectivity index (χ1v) is 20.5. The molecule has 6 heteroatoms. The maximum absolute atomic E-state index is 12.2. The van der Waals surface area contributed by atoms with Crippen LogP contribution in [-0.4, -0.2) is 47.6 Å². The number of aliphatic hydroxyl groups excluding tert-OH is 2. The lowest BCUT2D eigenvalue weighted by Gasteiger charge is -2.16. The number of hydrogen-bond acceptors (Lipinski definition) is 6. The first-order valence-electron chi connectivity index (χ1n) is 20.5. The molecule has 0 spiro atoms. The van der Waals surface area contributed by atoms with Crippen LogP contribution in [0.25, 0.3) is 0 Å². The zero-order chi connectivity index (χ0) is 36.0. The van der Waals surface area contributed by atoms with Gasteiger partial charge in [-0.05, 0) is 44.4 Å². The molecule has 0 amide bonds. The second kappa shape index (κ2) is 37.3. The van der Waals surface area contributed by atoms with Gasteiger partial charge in [-0.3, -0.25) is 9.59 Å². The maximum atomic E-state index is 12.2. The molecule has 1 unspecified atom stereocenters. The molecule has 0 aromatic rings. The fourth-order valence-electron chi connectivity index (χ4n) is 5.81. The SMILES string of the molecule is CCCCCCCC/C=C/C/C=C/C=C/C(O)CCCC(=O)OC[C@H](CO)OC(=O)CCCCCCCCCCCCCCCCC(C)C. The molecule has 286 valence electrons. The van der Waals surface area contributed by atoms with Crippen LogP contribution in [0.4, 0.5) is 0 Å². The summed E-state index contributed by atoms with van der Waals surface area (Å²) in [5.41, 5.74) is 0. The molecule has 0 rings (SSSR count). The molecule has 0 aliphatic carbocycles. The van der Waals surface area contributed by atoms with Crippen molar-refractivity contribution >= 4 is 11.9 Å². The van der Waals surface area contributed by atoms with Gasteiger partial charge in [0.15, 0.2) is 6.10 Å². The zero-order valence-corrected chi connectivity index (χ0v) is 32.2. The Labute approximate surface area is 302 Å². The van der Waals surface area contributed by atoms with Crippen molar-refractivity contribution in [3.63, 3.8) is 0 Å². The smallest absolute Gasteiger partial charge is 0.306 e. The normalized spacial score (nSPS) is 13.3. The highest BCUT2D eigenvalue weighted by Gasteiger charge is 2.16. The molecule has 0 fully saturated rings. The predicted octanol–water partition coefficient (Wildman–Crippen LogP) is 11.7. The minimum atomic E-state index is -0.841. The second-order valence-electron chi connectivity index (χ2n) is 14.4. The van der Waals surface area contributed by atoms with E-state index in [4.69, 9.17) is 9.47 Å². The summed E-state index contributed by atoms with van der Waals surface area (Å²) in [5.74, 6) is 0.0583. The Kier molecular flexibility index (Phi) is 35.9. The largest absolute Gasteiger partial charge is 0.462 e. The van der Waals surface area contributed by atoms with E-state index in [1.54, 1.807) is 6.08 Å². The summed E-state index contributed by atoms with van der Waals surface area (Å²) in [5, 5.41) is 19.7. The van der Waals surface area contributed by atoms with Gasteiger partial charge in [0.25, 0.3) is 0 Å². The highest BCUT2D eigenvalue weighted by atomic mass is 16.6. The zero-order valence-electron chi connectivity index (χ0n) is 32.2. The number of aliphatic hydroxyl groups is 2. The summed E-state index contributed by atoms with van der Waals surface area (Å²) in [4.78, 5) is 24.3. The van der Waals surface area contributed by atoms with Crippen molar-refractivity contribution in [1.82, 2.24) is 0 Å². The fourth-order valence-corrected chi connectivity index (χ4v) is 5.81. The van der Waals surface area contributed by atoms with E-state index in [0.717, 1.165) is 38.0 Å². The Bertz CT molecular complexity index is 817. The van der Waals surface area contributed by atoms with Crippen LogP contribution in [0, 0.1) is 5.92 Å². The maximum Gasteiger partial charge on any atom is 0.306 e. The Hall–Kier alpha value is -1.92. The average Bonchev–Trinajstić information content (AvgIpc) is 3.08. The summed E-state index contributed by atoms with van der Waals surface area (Å²) in [6.07, 6.45) is 41.0. The van der Waals surface area contributed by atoms with Crippen molar-refractivity contribution in [1.29, 1.82) is 0 Å². The number of hydrogen-bond donors (Lipinski definition) is 2. The summed E-state index contributed by atoms with van der Waals surface area (Å²) < 4.78 is 10.5. The van der Waals surface area contributed by atoms with Crippen LogP contribution in [-0.2, 0) is 19.1 Å². The van der Waals surface area contributed by atoms with Gasteiger partial charge in [0.1, 0.15) is 6.61 Å². The Morgan fingerprint density at radius 2 is 1.16 bits per heavy atom. The van der Waals surface area contributed by atoms with Gasteiger partial charge in [-0.1, -0.05) is 179 Å². The van der Waals surface area contributed by atoms with E-state index >= 15 is 0 Å². The van der Waals surface area contributed by atoms with Crippen LogP contribution in [0.1, 0.15) is 194 Å². The number of carbonyl (C=O) groups excluding carboxylic acids is 2. The van der Waals surface area contributed by atoms with E-state index in [-0.39, 0.29) is 25.6 Å². The molecule has 0 heterocycles. The topological polar surface area (TPSA) is 93.1 Å².